The highest BCUT2D eigenvalue weighted by molar-refractivity contribution is 5.89. The normalized spacial score (nSPS) is 7.43. The highest BCUT2D eigenvalue weighted by atomic mass is 16.1. The molecular formula is C5H6NO. The predicted molar refractivity (Wildman–Crippen MR) is 25.2 cm³/mol. The zero-order chi connectivity index (χ0) is 5.70. The summed E-state index contributed by atoms with van der Waals surface area (Å²) in [5.41, 5.74) is 0. The van der Waals surface area contributed by atoms with Gasteiger partial charge < -0.3 is 0 Å². The fraction of sp³-hybridized carbons (Fsp3) is 0.400. The van der Waals surface area contributed by atoms with E-state index < -0.39 is 0 Å². The number of nitrogens with zero attached hydrogens (tertiary/aromatic N) is 1. The Bertz CT molecular complexity index is 101. The Morgan fingerprint density at radius 2 is 2.57 bits per heavy atom. The SMILES string of the molecule is CCC(=O)[CH]C#N. The third-order valence-electron chi connectivity index (χ3n) is 0.574. The third-order valence-corrected chi connectivity index (χ3v) is 0.574. The van der Waals surface area contributed by atoms with Gasteiger partial charge in [0, 0.05) is 6.42 Å². The minimum absolute atomic E-state index is 0.109. The summed E-state index contributed by atoms with van der Waals surface area (Å²) in [6.45, 7) is 1.72. The molecule has 0 aromatic carbocycles. The fourth-order valence-corrected chi connectivity index (χ4v) is 0.174. The molecule has 37 valence electrons. The van der Waals surface area contributed by atoms with Gasteiger partial charge in [0.1, 0.15) is 6.42 Å². The van der Waals surface area contributed by atoms with Crippen LogP contribution in [0.25, 0.3) is 0 Å². The number of nitriles is 1. The van der Waals surface area contributed by atoms with Crippen LogP contribution in [0.2, 0.25) is 0 Å². The molecule has 0 heterocycles. The Labute approximate surface area is 42.8 Å². The molecule has 2 nitrogen and oxygen atoms in total. The zero-order valence-electron chi connectivity index (χ0n) is 4.14. The lowest BCUT2D eigenvalue weighted by Crippen LogP contribution is -1.91. The molecule has 0 unspecified atom stereocenters. The van der Waals surface area contributed by atoms with Gasteiger partial charge in [-0.1, -0.05) is 6.92 Å². The first-order valence-corrected chi connectivity index (χ1v) is 2.07. The molecule has 1 radical (unpaired) electrons. The molecule has 0 saturated carbocycles. The molecule has 0 aromatic heterocycles. The van der Waals surface area contributed by atoms with E-state index in [9.17, 15) is 4.79 Å². The first-order valence-electron chi connectivity index (χ1n) is 2.07. The molecular weight excluding hydrogens is 90.1 g/mol. The molecule has 0 aliphatic heterocycles. The lowest BCUT2D eigenvalue weighted by atomic mass is 10.2. The second kappa shape index (κ2) is 3.35. The largest absolute Gasteiger partial charge is 0.298 e. The highest BCUT2D eigenvalue weighted by Gasteiger charge is 1.92. The summed E-state index contributed by atoms with van der Waals surface area (Å²) in [7, 11) is 0. The molecule has 0 amide bonds. The Morgan fingerprint density at radius 3 is 2.71 bits per heavy atom. The van der Waals surface area contributed by atoms with Crippen LogP contribution in [0.4, 0.5) is 0 Å². The molecule has 0 saturated heterocycles. The van der Waals surface area contributed by atoms with Gasteiger partial charge in [0.05, 0.1) is 6.07 Å². The number of hydrogen-bond donors (Lipinski definition) is 0. The van der Waals surface area contributed by atoms with Crippen LogP contribution >= 0.6 is 0 Å². The van der Waals surface area contributed by atoms with E-state index in [4.69, 9.17) is 5.26 Å². The Kier molecular flexibility index (Phi) is 2.95. The Balaban J connectivity index is 3.23. The van der Waals surface area contributed by atoms with Gasteiger partial charge >= 0.3 is 0 Å². The Morgan fingerprint density at radius 1 is 2.00 bits per heavy atom. The van der Waals surface area contributed by atoms with Crippen LogP contribution in [-0.2, 0) is 4.79 Å². The maximum Gasteiger partial charge on any atom is 0.151 e. The minimum atomic E-state index is -0.109. The first kappa shape index (κ1) is 6.16. The monoisotopic (exact) mass is 96.0 g/mol. The molecule has 0 bridgehead atoms. The van der Waals surface area contributed by atoms with Crippen molar-refractivity contribution >= 4 is 5.78 Å². The second-order valence-electron chi connectivity index (χ2n) is 1.09. The quantitative estimate of drug-likeness (QED) is 0.507. The van der Waals surface area contributed by atoms with E-state index in [0.29, 0.717) is 6.42 Å². The van der Waals surface area contributed by atoms with Crippen LogP contribution < -0.4 is 0 Å². The summed E-state index contributed by atoms with van der Waals surface area (Å²) in [6.07, 6.45) is 1.44. The van der Waals surface area contributed by atoms with Gasteiger partial charge in [-0.3, -0.25) is 4.79 Å². The molecule has 0 aromatic rings. The molecule has 0 rings (SSSR count). The van der Waals surface area contributed by atoms with Crippen molar-refractivity contribution in [1.82, 2.24) is 0 Å². The number of hydrogen-bond acceptors (Lipinski definition) is 2. The number of carbonyl (C=O) groups excluding carboxylic acids is 1. The maximum atomic E-state index is 10.1. The van der Waals surface area contributed by atoms with Crippen molar-refractivity contribution in [3.63, 3.8) is 0 Å². The van der Waals surface area contributed by atoms with E-state index in [0.717, 1.165) is 6.42 Å². The average Bonchev–Trinajstić information content (AvgIpc) is 1.68. The van der Waals surface area contributed by atoms with Crippen molar-refractivity contribution in [2.45, 2.75) is 13.3 Å². The lowest BCUT2D eigenvalue weighted by Gasteiger charge is -1.78. The molecule has 0 fully saturated rings. The average molecular weight is 96.1 g/mol. The Hall–Kier alpha value is -0.840. The molecule has 0 aliphatic carbocycles. The van der Waals surface area contributed by atoms with E-state index in [2.05, 4.69) is 0 Å². The number of carbonyl (C=O) groups is 1. The van der Waals surface area contributed by atoms with Gasteiger partial charge in [-0.25, -0.2) is 0 Å². The number of ketones is 1. The van der Waals surface area contributed by atoms with Crippen molar-refractivity contribution in [2.24, 2.45) is 0 Å². The van der Waals surface area contributed by atoms with Crippen LogP contribution in [0.15, 0.2) is 0 Å². The molecule has 2 heteroatoms. The summed E-state index contributed by atoms with van der Waals surface area (Å²) in [4.78, 5) is 10.1. The second-order valence-corrected chi connectivity index (χ2v) is 1.09. The van der Waals surface area contributed by atoms with E-state index in [1.807, 2.05) is 0 Å². The van der Waals surface area contributed by atoms with E-state index in [-0.39, 0.29) is 5.78 Å². The van der Waals surface area contributed by atoms with Crippen molar-refractivity contribution in [1.29, 1.82) is 5.26 Å². The minimum Gasteiger partial charge on any atom is -0.298 e. The van der Waals surface area contributed by atoms with Crippen molar-refractivity contribution < 1.29 is 4.79 Å². The van der Waals surface area contributed by atoms with Crippen molar-refractivity contribution in [2.75, 3.05) is 0 Å². The van der Waals surface area contributed by atoms with E-state index in [1.54, 1.807) is 13.0 Å². The molecule has 0 N–H and O–H groups in total. The van der Waals surface area contributed by atoms with Crippen molar-refractivity contribution in [3.05, 3.63) is 6.42 Å². The summed E-state index contributed by atoms with van der Waals surface area (Å²) >= 11 is 0. The summed E-state index contributed by atoms with van der Waals surface area (Å²) < 4.78 is 0. The van der Waals surface area contributed by atoms with E-state index in [1.165, 1.54) is 0 Å². The van der Waals surface area contributed by atoms with Crippen LogP contribution in [-0.4, -0.2) is 5.78 Å². The van der Waals surface area contributed by atoms with Gasteiger partial charge in [0.25, 0.3) is 0 Å². The lowest BCUT2D eigenvalue weighted by molar-refractivity contribution is -0.115. The standard InChI is InChI=1S/C5H6NO/c1-2-5(7)3-4-6/h3H,2H2,1H3. The van der Waals surface area contributed by atoms with Crippen molar-refractivity contribution in [3.8, 4) is 6.07 Å². The molecule has 0 spiro atoms. The molecule has 0 aliphatic rings. The third kappa shape index (κ3) is 2.98. The zero-order valence-corrected chi connectivity index (χ0v) is 4.14. The predicted octanol–water partition coefficient (Wildman–Crippen LogP) is 0.693. The molecule has 7 heavy (non-hydrogen) atoms. The number of rotatable bonds is 2. The number of Topliss-reactive ketones (excluding diaryl/α,β-unsaturated/α-hetero) is 1. The topological polar surface area (TPSA) is 40.9 Å². The van der Waals surface area contributed by atoms with Gasteiger partial charge in [0.2, 0.25) is 0 Å². The van der Waals surface area contributed by atoms with Gasteiger partial charge in [-0.2, -0.15) is 5.26 Å². The van der Waals surface area contributed by atoms with E-state index >= 15 is 0 Å². The summed E-state index contributed by atoms with van der Waals surface area (Å²) in [6, 6.07) is 1.64. The maximum absolute atomic E-state index is 10.1. The smallest absolute Gasteiger partial charge is 0.151 e. The first-order chi connectivity index (χ1) is 3.31. The van der Waals surface area contributed by atoms with Gasteiger partial charge in [0.15, 0.2) is 5.78 Å². The van der Waals surface area contributed by atoms with Crippen LogP contribution in [0.1, 0.15) is 13.3 Å². The fourth-order valence-electron chi connectivity index (χ4n) is 0.174. The van der Waals surface area contributed by atoms with Crippen LogP contribution in [0, 0.1) is 17.8 Å². The summed E-state index contributed by atoms with van der Waals surface area (Å²) in [5.74, 6) is -0.109. The van der Waals surface area contributed by atoms with Gasteiger partial charge in [-0.15, -0.1) is 0 Å². The molecule has 0 atom stereocenters. The summed E-state index contributed by atoms with van der Waals surface area (Å²) in [5, 5.41) is 7.84. The van der Waals surface area contributed by atoms with Crippen LogP contribution in [0.3, 0.4) is 0 Å². The van der Waals surface area contributed by atoms with Crippen LogP contribution in [0.5, 0.6) is 0 Å². The van der Waals surface area contributed by atoms with Gasteiger partial charge in [-0.05, 0) is 0 Å². The highest BCUT2D eigenvalue weighted by Crippen LogP contribution is 1.81.